The molecule has 0 fully saturated rings. The van der Waals surface area contributed by atoms with Crippen molar-refractivity contribution in [1.82, 2.24) is 9.97 Å². The number of aliphatic hydroxyl groups excluding tert-OH is 1. The first-order valence-corrected chi connectivity index (χ1v) is 6.86. The van der Waals surface area contributed by atoms with E-state index in [1.807, 2.05) is 24.3 Å². The van der Waals surface area contributed by atoms with Gasteiger partial charge in [0.2, 0.25) is 0 Å². The minimum Gasteiger partial charge on any atom is -0.390 e. The van der Waals surface area contributed by atoms with Crippen LogP contribution in [-0.2, 0) is 12.4 Å². The molecule has 0 aliphatic rings. The molecule has 88 valence electrons. The largest absolute Gasteiger partial charge is 0.390 e. The molecule has 1 aromatic carbocycles. The molecule has 1 N–H and O–H groups in total. The molecule has 0 aliphatic heterocycles. The van der Waals surface area contributed by atoms with Gasteiger partial charge in [0.1, 0.15) is 5.82 Å². The van der Waals surface area contributed by atoms with Gasteiger partial charge < -0.3 is 5.11 Å². The second-order valence-corrected chi connectivity index (χ2v) is 5.21. The third-order valence-electron chi connectivity index (χ3n) is 2.12. The van der Waals surface area contributed by atoms with Crippen molar-refractivity contribution in [2.24, 2.45) is 0 Å². The minimum absolute atomic E-state index is 0.0464. The zero-order chi connectivity index (χ0) is 12.1. The van der Waals surface area contributed by atoms with Crippen LogP contribution < -0.4 is 0 Å². The highest BCUT2D eigenvalue weighted by molar-refractivity contribution is 9.10. The third kappa shape index (κ3) is 3.52. The van der Waals surface area contributed by atoms with Crippen LogP contribution in [0.3, 0.4) is 0 Å². The number of rotatable bonds is 4. The smallest absolute Gasteiger partial charge is 0.138 e. The summed E-state index contributed by atoms with van der Waals surface area (Å²) in [6.45, 7) is -0.0464. The molecule has 1 heterocycles. The van der Waals surface area contributed by atoms with Gasteiger partial charge in [-0.25, -0.2) is 9.97 Å². The standard InChI is InChI=1S/C12H11BrN2OS/c13-10-3-1-2-4-11(10)17-8-12-14-6-5-9(7-16)15-12/h1-6,16H,7-8H2. The van der Waals surface area contributed by atoms with Gasteiger partial charge in [-0.05, 0) is 34.1 Å². The Morgan fingerprint density at radius 1 is 1.24 bits per heavy atom. The van der Waals surface area contributed by atoms with Gasteiger partial charge in [0.05, 0.1) is 18.1 Å². The van der Waals surface area contributed by atoms with E-state index < -0.39 is 0 Å². The fourth-order valence-electron chi connectivity index (χ4n) is 1.30. The second kappa shape index (κ2) is 6.14. The highest BCUT2D eigenvalue weighted by Gasteiger charge is 2.03. The number of aliphatic hydroxyl groups is 1. The van der Waals surface area contributed by atoms with Crippen molar-refractivity contribution in [3.63, 3.8) is 0 Å². The Morgan fingerprint density at radius 3 is 2.82 bits per heavy atom. The van der Waals surface area contributed by atoms with Crippen molar-refractivity contribution in [3.05, 3.63) is 52.5 Å². The summed E-state index contributed by atoms with van der Waals surface area (Å²) in [5.74, 6) is 1.42. The van der Waals surface area contributed by atoms with Crippen LogP contribution in [0.5, 0.6) is 0 Å². The maximum atomic E-state index is 8.99. The molecule has 0 amide bonds. The summed E-state index contributed by atoms with van der Waals surface area (Å²) in [6, 6.07) is 9.75. The van der Waals surface area contributed by atoms with Crippen molar-refractivity contribution in [1.29, 1.82) is 0 Å². The van der Waals surface area contributed by atoms with Crippen LogP contribution in [0.15, 0.2) is 45.9 Å². The van der Waals surface area contributed by atoms with Gasteiger partial charge in [0, 0.05) is 15.6 Å². The van der Waals surface area contributed by atoms with Crippen molar-refractivity contribution in [2.75, 3.05) is 0 Å². The molecule has 3 nitrogen and oxygen atoms in total. The fourth-order valence-corrected chi connectivity index (χ4v) is 2.74. The monoisotopic (exact) mass is 310 g/mol. The van der Waals surface area contributed by atoms with Gasteiger partial charge in [-0.3, -0.25) is 0 Å². The zero-order valence-corrected chi connectivity index (χ0v) is 11.4. The molecule has 1 aromatic heterocycles. The average Bonchev–Trinajstić information content (AvgIpc) is 2.38. The SMILES string of the molecule is OCc1ccnc(CSc2ccccc2Br)n1. The van der Waals surface area contributed by atoms with Crippen LogP contribution in [0.2, 0.25) is 0 Å². The number of nitrogens with zero attached hydrogens (tertiary/aromatic N) is 2. The zero-order valence-electron chi connectivity index (χ0n) is 9.01. The number of hydrogen-bond donors (Lipinski definition) is 1. The lowest BCUT2D eigenvalue weighted by Gasteiger charge is -2.04. The highest BCUT2D eigenvalue weighted by atomic mass is 79.9. The molecule has 0 unspecified atom stereocenters. The lowest BCUT2D eigenvalue weighted by molar-refractivity contribution is 0.276. The minimum atomic E-state index is -0.0464. The Bertz CT molecular complexity index is 507. The van der Waals surface area contributed by atoms with Crippen LogP contribution in [0.1, 0.15) is 11.5 Å². The number of aromatic nitrogens is 2. The topological polar surface area (TPSA) is 46.0 Å². The van der Waals surface area contributed by atoms with E-state index in [0.717, 1.165) is 15.2 Å². The van der Waals surface area contributed by atoms with Gasteiger partial charge in [-0.1, -0.05) is 12.1 Å². The number of halogens is 1. The molecular weight excluding hydrogens is 300 g/mol. The summed E-state index contributed by atoms with van der Waals surface area (Å²) in [4.78, 5) is 9.57. The van der Waals surface area contributed by atoms with E-state index in [-0.39, 0.29) is 6.61 Å². The maximum Gasteiger partial charge on any atom is 0.138 e. The molecule has 0 aliphatic carbocycles. The van der Waals surface area contributed by atoms with Crippen LogP contribution in [-0.4, -0.2) is 15.1 Å². The van der Waals surface area contributed by atoms with Crippen molar-refractivity contribution >= 4 is 27.7 Å². The molecule has 0 spiro atoms. The van der Waals surface area contributed by atoms with E-state index in [2.05, 4.69) is 25.9 Å². The molecule has 0 bridgehead atoms. The first-order valence-electron chi connectivity index (χ1n) is 5.08. The second-order valence-electron chi connectivity index (χ2n) is 3.34. The van der Waals surface area contributed by atoms with E-state index in [0.29, 0.717) is 11.4 Å². The lowest BCUT2D eigenvalue weighted by atomic mass is 10.4. The molecule has 0 radical (unpaired) electrons. The quantitative estimate of drug-likeness (QED) is 0.882. The van der Waals surface area contributed by atoms with Crippen LogP contribution in [0.25, 0.3) is 0 Å². The van der Waals surface area contributed by atoms with Gasteiger partial charge >= 0.3 is 0 Å². The summed E-state index contributed by atoms with van der Waals surface area (Å²) in [5.41, 5.74) is 0.655. The first-order chi connectivity index (χ1) is 8.29. The Labute approximate surface area is 112 Å². The van der Waals surface area contributed by atoms with Crippen LogP contribution in [0.4, 0.5) is 0 Å². The Hall–Kier alpha value is -0.910. The van der Waals surface area contributed by atoms with Gasteiger partial charge in [0.25, 0.3) is 0 Å². The lowest BCUT2D eigenvalue weighted by Crippen LogP contribution is -1.97. The molecule has 0 saturated carbocycles. The van der Waals surface area contributed by atoms with E-state index >= 15 is 0 Å². The van der Waals surface area contributed by atoms with E-state index in [9.17, 15) is 0 Å². The maximum absolute atomic E-state index is 8.99. The first kappa shape index (κ1) is 12.5. The van der Waals surface area contributed by atoms with E-state index in [4.69, 9.17) is 5.11 Å². The fraction of sp³-hybridized carbons (Fsp3) is 0.167. The third-order valence-corrected chi connectivity index (χ3v) is 4.14. The molecule has 17 heavy (non-hydrogen) atoms. The van der Waals surface area contributed by atoms with Gasteiger partial charge in [-0.15, -0.1) is 11.8 Å². The van der Waals surface area contributed by atoms with E-state index in [1.165, 1.54) is 0 Å². The molecule has 2 aromatic rings. The Morgan fingerprint density at radius 2 is 2.06 bits per heavy atom. The number of hydrogen-bond acceptors (Lipinski definition) is 4. The van der Waals surface area contributed by atoms with Crippen molar-refractivity contribution < 1.29 is 5.11 Å². The molecular formula is C12H11BrN2OS. The van der Waals surface area contributed by atoms with Gasteiger partial charge in [-0.2, -0.15) is 0 Å². The Balaban J connectivity index is 2.05. The summed E-state index contributed by atoms with van der Waals surface area (Å²) < 4.78 is 1.07. The summed E-state index contributed by atoms with van der Waals surface area (Å²) >= 11 is 5.16. The molecule has 2 rings (SSSR count). The predicted molar refractivity (Wildman–Crippen MR) is 71.7 cm³/mol. The normalized spacial score (nSPS) is 10.5. The van der Waals surface area contributed by atoms with Crippen molar-refractivity contribution in [3.8, 4) is 0 Å². The van der Waals surface area contributed by atoms with Crippen molar-refractivity contribution in [2.45, 2.75) is 17.3 Å². The average molecular weight is 311 g/mol. The number of thioether (sulfide) groups is 1. The molecule has 0 atom stereocenters. The summed E-state index contributed by atoms with van der Waals surface area (Å²) in [7, 11) is 0. The molecule has 5 heteroatoms. The highest BCUT2D eigenvalue weighted by Crippen LogP contribution is 2.28. The van der Waals surface area contributed by atoms with Crippen LogP contribution >= 0.6 is 27.7 Å². The predicted octanol–water partition coefficient (Wildman–Crippen LogP) is 3.02. The van der Waals surface area contributed by atoms with Crippen LogP contribution in [0, 0.1) is 0 Å². The number of benzene rings is 1. The van der Waals surface area contributed by atoms with Gasteiger partial charge in [0.15, 0.2) is 0 Å². The van der Waals surface area contributed by atoms with E-state index in [1.54, 1.807) is 24.0 Å². The summed E-state index contributed by atoms with van der Waals surface area (Å²) in [6.07, 6.45) is 1.68. The Kier molecular flexibility index (Phi) is 4.53. The molecule has 0 saturated heterocycles. The summed E-state index contributed by atoms with van der Waals surface area (Å²) in [5, 5.41) is 8.99.